The molecule has 1 aliphatic carbocycles. The molecule has 104 valence electrons. The molecule has 0 unspecified atom stereocenters. The SMILES string of the molecule is CCc1ccc(NC(=O)C2CCC(CC)CC2)cc1. The molecule has 1 amide bonds. The van der Waals surface area contributed by atoms with Crippen LogP contribution in [0.2, 0.25) is 0 Å². The van der Waals surface area contributed by atoms with E-state index in [-0.39, 0.29) is 11.8 Å². The molecule has 1 saturated carbocycles. The number of benzene rings is 1. The van der Waals surface area contributed by atoms with Crippen LogP contribution in [0.25, 0.3) is 0 Å². The van der Waals surface area contributed by atoms with Crippen LogP contribution in [-0.2, 0) is 11.2 Å². The summed E-state index contributed by atoms with van der Waals surface area (Å²) in [5.74, 6) is 1.26. The Kier molecular flexibility index (Phi) is 5.00. The largest absolute Gasteiger partial charge is 0.326 e. The van der Waals surface area contributed by atoms with Gasteiger partial charge in [0.05, 0.1) is 0 Å². The minimum absolute atomic E-state index is 0.207. The lowest BCUT2D eigenvalue weighted by Gasteiger charge is -2.26. The lowest BCUT2D eigenvalue weighted by molar-refractivity contribution is -0.121. The van der Waals surface area contributed by atoms with Gasteiger partial charge >= 0.3 is 0 Å². The van der Waals surface area contributed by atoms with Crippen LogP contribution in [0, 0.1) is 11.8 Å². The summed E-state index contributed by atoms with van der Waals surface area (Å²) in [6.45, 7) is 4.39. The van der Waals surface area contributed by atoms with E-state index in [1.54, 1.807) is 0 Å². The molecule has 2 heteroatoms. The summed E-state index contributed by atoms with van der Waals surface area (Å²) in [5.41, 5.74) is 2.24. The molecule has 2 rings (SSSR count). The zero-order valence-corrected chi connectivity index (χ0v) is 12.1. The van der Waals surface area contributed by atoms with Gasteiger partial charge in [0.15, 0.2) is 0 Å². The number of aryl methyl sites for hydroxylation is 1. The Bertz CT molecular complexity index is 402. The second kappa shape index (κ2) is 6.74. The van der Waals surface area contributed by atoms with Crippen LogP contribution in [0.1, 0.15) is 51.5 Å². The predicted molar refractivity (Wildman–Crippen MR) is 80.2 cm³/mol. The summed E-state index contributed by atoms with van der Waals surface area (Å²) in [6.07, 6.45) is 6.82. The van der Waals surface area contributed by atoms with Crippen LogP contribution in [0.4, 0.5) is 5.69 Å². The third-order valence-electron chi connectivity index (χ3n) is 4.42. The average Bonchev–Trinajstić information content (AvgIpc) is 2.48. The fourth-order valence-corrected chi connectivity index (χ4v) is 2.90. The number of hydrogen-bond acceptors (Lipinski definition) is 1. The minimum atomic E-state index is 0.207. The number of amides is 1. The van der Waals surface area contributed by atoms with Gasteiger partial charge in [0, 0.05) is 11.6 Å². The van der Waals surface area contributed by atoms with E-state index in [2.05, 4.69) is 31.3 Å². The number of carbonyl (C=O) groups is 1. The molecule has 1 fully saturated rings. The van der Waals surface area contributed by atoms with E-state index in [0.29, 0.717) is 0 Å². The Morgan fingerprint density at radius 3 is 2.26 bits per heavy atom. The molecular formula is C17H25NO. The predicted octanol–water partition coefficient (Wildman–Crippen LogP) is 4.40. The Hall–Kier alpha value is -1.31. The number of rotatable bonds is 4. The summed E-state index contributed by atoms with van der Waals surface area (Å²) in [5, 5.41) is 3.06. The first-order valence-corrected chi connectivity index (χ1v) is 7.62. The van der Waals surface area contributed by atoms with Crippen molar-refractivity contribution < 1.29 is 4.79 Å². The van der Waals surface area contributed by atoms with Crippen molar-refractivity contribution in [2.24, 2.45) is 11.8 Å². The molecule has 0 bridgehead atoms. The topological polar surface area (TPSA) is 29.1 Å². The summed E-state index contributed by atoms with van der Waals surface area (Å²) in [6, 6.07) is 8.19. The molecule has 0 heterocycles. The maximum atomic E-state index is 12.2. The van der Waals surface area contributed by atoms with Crippen molar-refractivity contribution in [1.82, 2.24) is 0 Å². The van der Waals surface area contributed by atoms with Crippen molar-refractivity contribution in [1.29, 1.82) is 0 Å². The molecule has 2 nitrogen and oxygen atoms in total. The summed E-state index contributed by atoms with van der Waals surface area (Å²) in [7, 11) is 0. The van der Waals surface area contributed by atoms with Crippen molar-refractivity contribution >= 4 is 11.6 Å². The molecule has 0 radical (unpaired) electrons. The molecular weight excluding hydrogens is 234 g/mol. The van der Waals surface area contributed by atoms with E-state index >= 15 is 0 Å². The molecule has 0 aromatic heterocycles. The minimum Gasteiger partial charge on any atom is -0.326 e. The fraction of sp³-hybridized carbons (Fsp3) is 0.588. The standard InChI is InChI=1S/C17H25NO/c1-3-13-5-9-15(10-6-13)17(19)18-16-11-7-14(4-2)8-12-16/h7-8,11-13,15H,3-6,9-10H2,1-2H3,(H,18,19). The van der Waals surface area contributed by atoms with E-state index in [1.165, 1.54) is 24.8 Å². The van der Waals surface area contributed by atoms with Crippen LogP contribution in [-0.4, -0.2) is 5.91 Å². The molecule has 1 aromatic rings. The average molecular weight is 259 g/mol. The quantitative estimate of drug-likeness (QED) is 0.853. The van der Waals surface area contributed by atoms with Gasteiger partial charge in [-0.2, -0.15) is 0 Å². The monoisotopic (exact) mass is 259 g/mol. The van der Waals surface area contributed by atoms with E-state index in [0.717, 1.165) is 30.9 Å². The molecule has 0 saturated heterocycles. The lowest BCUT2D eigenvalue weighted by Crippen LogP contribution is -2.27. The van der Waals surface area contributed by atoms with Gasteiger partial charge in [-0.15, -0.1) is 0 Å². The van der Waals surface area contributed by atoms with Crippen LogP contribution >= 0.6 is 0 Å². The number of carbonyl (C=O) groups excluding carboxylic acids is 1. The highest BCUT2D eigenvalue weighted by Crippen LogP contribution is 2.31. The van der Waals surface area contributed by atoms with Crippen LogP contribution in [0.3, 0.4) is 0 Å². The van der Waals surface area contributed by atoms with Gasteiger partial charge in [-0.3, -0.25) is 4.79 Å². The van der Waals surface area contributed by atoms with Gasteiger partial charge < -0.3 is 5.32 Å². The molecule has 0 atom stereocenters. The first-order chi connectivity index (χ1) is 9.22. The fourth-order valence-electron chi connectivity index (χ4n) is 2.90. The van der Waals surface area contributed by atoms with E-state index in [4.69, 9.17) is 0 Å². The maximum Gasteiger partial charge on any atom is 0.227 e. The van der Waals surface area contributed by atoms with Crippen molar-refractivity contribution in [2.75, 3.05) is 5.32 Å². The number of anilines is 1. The first kappa shape index (κ1) is 14.1. The van der Waals surface area contributed by atoms with E-state index < -0.39 is 0 Å². The summed E-state index contributed by atoms with van der Waals surface area (Å²) in [4.78, 5) is 12.2. The summed E-state index contributed by atoms with van der Waals surface area (Å²) >= 11 is 0. The van der Waals surface area contributed by atoms with Crippen LogP contribution in [0.5, 0.6) is 0 Å². The Morgan fingerprint density at radius 1 is 1.11 bits per heavy atom. The zero-order chi connectivity index (χ0) is 13.7. The Balaban J connectivity index is 1.86. The maximum absolute atomic E-state index is 12.2. The van der Waals surface area contributed by atoms with Gasteiger partial charge in [0.25, 0.3) is 0 Å². The highest BCUT2D eigenvalue weighted by Gasteiger charge is 2.25. The second-order valence-corrected chi connectivity index (χ2v) is 5.67. The molecule has 1 aliphatic rings. The van der Waals surface area contributed by atoms with Crippen molar-refractivity contribution in [3.8, 4) is 0 Å². The van der Waals surface area contributed by atoms with Gasteiger partial charge in [0.1, 0.15) is 0 Å². The van der Waals surface area contributed by atoms with E-state index in [9.17, 15) is 4.79 Å². The molecule has 1 aromatic carbocycles. The van der Waals surface area contributed by atoms with Gasteiger partial charge in [0.2, 0.25) is 5.91 Å². The highest BCUT2D eigenvalue weighted by atomic mass is 16.1. The lowest BCUT2D eigenvalue weighted by atomic mass is 9.80. The smallest absolute Gasteiger partial charge is 0.227 e. The molecule has 1 N–H and O–H groups in total. The third kappa shape index (κ3) is 3.82. The van der Waals surface area contributed by atoms with Gasteiger partial charge in [-0.1, -0.05) is 32.4 Å². The van der Waals surface area contributed by atoms with E-state index in [1.807, 2.05) is 12.1 Å². The third-order valence-corrected chi connectivity index (χ3v) is 4.42. The normalized spacial score (nSPS) is 23.1. The molecule has 0 aliphatic heterocycles. The van der Waals surface area contributed by atoms with Gasteiger partial charge in [-0.05, 0) is 55.7 Å². The highest BCUT2D eigenvalue weighted by molar-refractivity contribution is 5.92. The number of nitrogens with one attached hydrogen (secondary N) is 1. The Morgan fingerprint density at radius 2 is 1.74 bits per heavy atom. The van der Waals surface area contributed by atoms with Crippen molar-refractivity contribution in [3.63, 3.8) is 0 Å². The van der Waals surface area contributed by atoms with Crippen molar-refractivity contribution in [3.05, 3.63) is 29.8 Å². The Labute approximate surface area is 116 Å². The zero-order valence-electron chi connectivity index (χ0n) is 12.1. The van der Waals surface area contributed by atoms with Crippen LogP contribution in [0.15, 0.2) is 24.3 Å². The first-order valence-electron chi connectivity index (χ1n) is 7.62. The summed E-state index contributed by atoms with van der Waals surface area (Å²) < 4.78 is 0. The molecule has 19 heavy (non-hydrogen) atoms. The molecule has 0 spiro atoms. The number of hydrogen-bond donors (Lipinski definition) is 1. The second-order valence-electron chi connectivity index (χ2n) is 5.67. The van der Waals surface area contributed by atoms with Crippen molar-refractivity contribution in [2.45, 2.75) is 52.4 Å². The van der Waals surface area contributed by atoms with Gasteiger partial charge in [-0.25, -0.2) is 0 Å². The van der Waals surface area contributed by atoms with Crippen LogP contribution < -0.4 is 5.32 Å².